The van der Waals surface area contributed by atoms with Crippen LogP contribution in [0.25, 0.3) is 0 Å². The van der Waals surface area contributed by atoms with Crippen molar-refractivity contribution >= 4 is 21.6 Å². The molecule has 0 aliphatic rings. The van der Waals surface area contributed by atoms with Gasteiger partial charge in [0.05, 0.1) is 15.5 Å². The van der Waals surface area contributed by atoms with E-state index in [-0.39, 0.29) is 22.0 Å². The summed E-state index contributed by atoms with van der Waals surface area (Å²) >= 11 is 5.84. The average molecular weight is 326 g/mol. The van der Waals surface area contributed by atoms with Gasteiger partial charge in [-0.15, -0.1) is 10.2 Å². The van der Waals surface area contributed by atoms with E-state index in [9.17, 15) is 8.42 Å². The van der Waals surface area contributed by atoms with Crippen molar-refractivity contribution in [3.63, 3.8) is 0 Å². The Balaban J connectivity index is 2.07. The highest BCUT2D eigenvalue weighted by molar-refractivity contribution is 7.89. The van der Waals surface area contributed by atoms with Gasteiger partial charge in [-0.1, -0.05) is 11.6 Å². The number of hydrogen-bond donors (Lipinski definition) is 1. The monoisotopic (exact) mass is 325 g/mol. The predicted molar refractivity (Wildman–Crippen MR) is 76.1 cm³/mol. The number of nitrogens with zero attached hydrogens (tertiary/aromatic N) is 4. The van der Waals surface area contributed by atoms with Crippen molar-refractivity contribution in [2.75, 3.05) is 6.54 Å². The summed E-state index contributed by atoms with van der Waals surface area (Å²) in [4.78, 5) is 0.0180. The lowest BCUT2D eigenvalue weighted by molar-refractivity contribution is 0.580. The Labute approximate surface area is 127 Å². The highest BCUT2D eigenvalue weighted by atomic mass is 35.5. The third kappa shape index (κ3) is 3.58. The van der Waals surface area contributed by atoms with Crippen molar-refractivity contribution in [3.8, 4) is 6.07 Å². The summed E-state index contributed by atoms with van der Waals surface area (Å²) in [6, 6.07) is 5.85. The molecule has 1 N–H and O–H groups in total. The first-order chi connectivity index (χ1) is 9.94. The first-order valence-electron chi connectivity index (χ1n) is 5.96. The van der Waals surface area contributed by atoms with Crippen LogP contribution >= 0.6 is 11.6 Å². The molecule has 110 valence electrons. The van der Waals surface area contributed by atoms with E-state index in [4.69, 9.17) is 16.9 Å². The zero-order valence-corrected chi connectivity index (χ0v) is 12.7. The molecular weight excluding hydrogens is 314 g/mol. The summed E-state index contributed by atoms with van der Waals surface area (Å²) < 4.78 is 28.4. The molecule has 1 heterocycles. The number of nitriles is 1. The van der Waals surface area contributed by atoms with Crippen molar-refractivity contribution in [1.82, 2.24) is 19.5 Å². The largest absolute Gasteiger partial charge is 0.321 e. The normalized spacial score (nSPS) is 11.3. The lowest BCUT2D eigenvalue weighted by atomic mass is 10.2. The minimum atomic E-state index is -3.68. The van der Waals surface area contributed by atoms with E-state index in [1.165, 1.54) is 18.2 Å². The number of aryl methyl sites for hydroxylation is 1. The standard InChI is InChI=1S/C12H12ClN5O2S/c1-18-8-15-17-12(18)4-5-16-21(19,20)10-3-2-9(7-14)11(13)6-10/h2-3,6,8,16H,4-5H2,1H3. The fraction of sp³-hybridized carbons (Fsp3) is 0.250. The molecule has 0 unspecified atom stereocenters. The maximum Gasteiger partial charge on any atom is 0.240 e. The van der Waals surface area contributed by atoms with Crippen molar-refractivity contribution in [2.45, 2.75) is 11.3 Å². The lowest BCUT2D eigenvalue weighted by Gasteiger charge is -2.07. The summed E-state index contributed by atoms with van der Waals surface area (Å²) in [5.41, 5.74) is 0.231. The highest BCUT2D eigenvalue weighted by Crippen LogP contribution is 2.19. The predicted octanol–water partition coefficient (Wildman–Crippen LogP) is 0.861. The molecule has 1 aromatic heterocycles. The first kappa shape index (κ1) is 15.4. The number of aromatic nitrogens is 3. The van der Waals surface area contributed by atoms with Crippen molar-refractivity contribution < 1.29 is 8.42 Å². The van der Waals surface area contributed by atoms with Crippen LogP contribution in [-0.4, -0.2) is 29.7 Å². The van der Waals surface area contributed by atoms with Crippen LogP contribution in [0.15, 0.2) is 29.4 Å². The van der Waals surface area contributed by atoms with Gasteiger partial charge in [-0.05, 0) is 18.2 Å². The molecular formula is C12H12ClN5O2S. The minimum Gasteiger partial charge on any atom is -0.321 e. The smallest absolute Gasteiger partial charge is 0.240 e. The molecule has 0 saturated heterocycles. The van der Waals surface area contributed by atoms with Crippen molar-refractivity contribution in [2.24, 2.45) is 7.05 Å². The second-order valence-corrected chi connectivity index (χ2v) is 6.43. The fourth-order valence-electron chi connectivity index (χ4n) is 1.67. The highest BCUT2D eigenvalue weighted by Gasteiger charge is 2.15. The van der Waals surface area contributed by atoms with Gasteiger partial charge < -0.3 is 4.57 Å². The van der Waals surface area contributed by atoms with Crippen LogP contribution < -0.4 is 4.72 Å². The van der Waals surface area contributed by atoms with Crippen LogP contribution in [0.4, 0.5) is 0 Å². The molecule has 0 bridgehead atoms. The molecule has 7 nitrogen and oxygen atoms in total. The summed E-state index contributed by atoms with van der Waals surface area (Å²) in [5.74, 6) is 0.676. The second-order valence-electron chi connectivity index (χ2n) is 4.26. The molecule has 0 fully saturated rings. The number of halogens is 1. The molecule has 0 aliphatic carbocycles. The SMILES string of the molecule is Cn1cnnc1CCNS(=O)(=O)c1ccc(C#N)c(Cl)c1. The Morgan fingerprint density at radius 3 is 2.81 bits per heavy atom. The van der Waals surface area contributed by atoms with E-state index in [0.717, 1.165) is 0 Å². The Hall–Kier alpha value is -1.95. The quantitative estimate of drug-likeness (QED) is 0.878. The zero-order chi connectivity index (χ0) is 15.5. The maximum atomic E-state index is 12.1. The summed E-state index contributed by atoms with van der Waals surface area (Å²) in [5, 5.41) is 16.5. The molecule has 9 heteroatoms. The fourth-order valence-corrected chi connectivity index (χ4v) is 3.01. The van der Waals surface area contributed by atoms with Gasteiger partial charge in [0.2, 0.25) is 10.0 Å². The van der Waals surface area contributed by atoms with E-state index < -0.39 is 10.0 Å². The van der Waals surface area contributed by atoms with Crippen LogP contribution in [0.1, 0.15) is 11.4 Å². The van der Waals surface area contributed by atoms with Gasteiger partial charge in [-0.2, -0.15) is 5.26 Å². The van der Waals surface area contributed by atoms with Crippen LogP contribution in [0.3, 0.4) is 0 Å². The Morgan fingerprint density at radius 2 is 2.24 bits per heavy atom. The summed E-state index contributed by atoms with van der Waals surface area (Å²) in [6.07, 6.45) is 1.96. The van der Waals surface area contributed by atoms with Crippen LogP contribution in [0.5, 0.6) is 0 Å². The van der Waals surface area contributed by atoms with E-state index in [2.05, 4.69) is 14.9 Å². The number of hydrogen-bond acceptors (Lipinski definition) is 5. The van der Waals surface area contributed by atoms with Gasteiger partial charge in [-0.3, -0.25) is 0 Å². The van der Waals surface area contributed by atoms with Crippen molar-refractivity contribution in [3.05, 3.63) is 40.9 Å². The molecule has 1 aromatic carbocycles. The molecule has 2 aromatic rings. The Bertz CT molecular complexity index is 794. The third-order valence-corrected chi connectivity index (χ3v) is 4.59. The van der Waals surface area contributed by atoms with E-state index in [0.29, 0.717) is 12.2 Å². The second kappa shape index (κ2) is 6.22. The van der Waals surface area contributed by atoms with Gasteiger partial charge in [0.1, 0.15) is 18.2 Å². The number of sulfonamides is 1. The molecule has 21 heavy (non-hydrogen) atoms. The van der Waals surface area contributed by atoms with E-state index in [1.54, 1.807) is 17.9 Å². The summed E-state index contributed by atoms with van der Waals surface area (Å²) in [6.45, 7) is 0.187. The zero-order valence-electron chi connectivity index (χ0n) is 11.1. The molecule has 0 radical (unpaired) electrons. The number of nitrogens with one attached hydrogen (secondary N) is 1. The van der Waals surface area contributed by atoms with Crippen LogP contribution in [0.2, 0.25) is 5.02 Å². The van der Waals surface area contributed by atoms with Crippen molar-refractivity contribution in [1.29, 1.82) is 5.26 Å². The number of rotatable bonds is 5. The van der Waals surface area contributed by atoms with E-state index in [1.807, 2.05) is 6.07 Å². The van der Waals surface area contributed by atoms with Gasteiger partial charge >= 0.3 is 0 Å². The minimum absolute atomic E-state index is 0.0180. The Kier molecular flexibility index (Phi) is 4.57. The molecule has 0 amide bonds. The van der Waals surface area contributed by atoms with Gasteiger partial charge in [-0.25, -0.2) is 13.1 Å². The molecule has 2 rings (SSSR count). The molecule has 0 aliphatic heterocycles. The Morgan fingerprint density at radius 1 is 1.48 bits per heavy atom. The molecule has 0 atom stereocenters. The molecule has 0 saturated carbocycles. The van der Waals surface area contributed by atoms with Gasteiger partial charge in [0.25, 0.3) is 0 Å². The van der Waals surface area contributed by atoms with Gasteiger partial charge in [0, 0.05) is 20.0 Å². The molecule has 0 spiro atoms. The first-order valence-corrected chi connectivity index (χ1v) is 7.82. The van der Waals surface area contributed by atoms with E-state index >= 15 is 0 Å². The van der Waals surface area contributed by atoms with Crippen LogP contribution in [-0.2, 0) is 23.5 Å². The summed E-state index contributed by atoms with van der Waals surface area (Å²) in [7, 11) is -1.89. The average Bonchev–Trinajstić information content (AvgIpc) is 2.84. The maximum absolute atomic E-state index is 12.1. The third-order valence-electron chi connectivity index (χ3n) is 2.82. The van der Waals surface area contributed by atoms with Crippen LogP contribution in [0, 0.1) is 11.3 Å². The number of benzene rings is 1. The topological polar surface area (TPSA) is 101 Å². The lowest BCUT2D eigenvalue weighted by Crippen LogP contribution is -2.26. The van der Waals surface area contributed by atoms with Gasteiger partial charge in [0.15, 0.2) is 0 Å².